The van der Waals surface area contributed by atoms with E-state index in [1.165, 1.54) is 11.3 Å². The molecule has 2 rings (SSSR count). The molecule has 0 aliphatic heterocycles. The minimum Gasteiger partial charge on any atom is -0.295 e. The first-order valence-corrected chi connectivity index (χ1v) is 6.14. The molecule has 1 N–H and O–H groups in total. The van der Waals surface area contributed by atoms with Crippen LogP contribution in [-0.2, 0) is 6.42 Å². The molecule has 0 bridgehead atoms. The number of hydrogen-bond donors (Lipinski definition) is 1. The molecule has 17 heavy (non-hydrogen) atoms. The number of anilines is 1. The monoisotopic (exact) mass is 268 g/mol. The predicted octanol–water partition coefficient (Wildman–Crippen LogP) is 2.40. The van der Waals surface area contributed by atoms with Crippen LogP contribution in [0.1, 0.15) is 22.4 Å². The Bertz CT molecular complexity index is 543. The SMILES string of the molecule is CCc1nnc(NC(=O)c2cccc(Cl)n2)s1. The van der Waals surface area contributed by atoms with Gasteiger partial charge in [0.1, 0.15) is 15.9 Å². The first-order valence-electron chi connectivity index (χ1n) is 4.95. The van der Waals surface area contributed by atoms with Crippen molar-refractivity contribution in [1.82, 2.24) is 15.2 Å². The summed E-state index contributed by atoms with van der Waals surface area (Å²) in [5.74, 6) is -0.341. The summed E-state index contributed by atoms with van der Waals surface area (Å²) < 4.78 is 0. The van der Waals surface area contributed by atoms with Gasteiger partial charge >= 0.3 is 0 Å². The average Bonchev–Trinajstić information content (AvgIpc) is 2.77. The van der Waals surface area contributed by atoms with Crippen molar-refractivity contribution >= 4 is 34.0 Å². The van der Waals surface area contributed by atoms with E-state index in [1.807, 2.05) is 6.92 Å². The van der Waals surface area contributed by atoms with E-state index in [0.717, 1.165) is 11.4 Å². The number of amides is 1. The number of nitrogens with one attached hydrogen (secondary N) is 1. The zero-order valence-corrected chi connectivity index (χ0v) is 10.5. The van der Waals surface area contributed by atoms with Crippen LogP contribution in [-0.4, -0.2) is 21.1 Å². The minimum absolute atomic E-state index is 0.255. The summed E-state index contributed by atoms with van der Waals surface area (Å²) >= 11 is 7.05. The van der Waals surface area contributed by atoms with Crippen LogP contribution in [0.2, 0.25) is 5.15 Å². The molecule has 0 radical (unpaired) electrons. The van der Waals surface area contributed by atoms with Gasteiger partial charge in [-0.05, 0) is 18.6 Å². The molecule has 2 aromatic heterocycles. The van der Waals surface area contributed by atoms with Crippen molar-refractivity contribution in [1.29, 1.82) is 0 Å². The molecule has 0 aliphatic carbocycles. The predicted molar refractivity (Wildman–Crippen MR) is 66.5 cm³/mol. The quantitative estimate of drug-likeness (QED) is 0.868. The van der Waals surface area contributed by atoms with Crippen LogP contribution in [0, 0.1) is 0 Å². The summed E-state index contributed by atoms with van der Waals surface area (Å²) in [5.41, 5.74) is 0.255. The van der Waals surface area contributed by atoms with E-state index in [4.69, 9.17) is 11.6 Å². The molecule has 0 saturated carbocycles. The third-order valence-corrected chi connectivity index (χ3v) is 3.13. The lowest BCUT2D eigenvalue weighted by molar-refractivity contribution is 0.102. The lowest BCUT2D eigenvalue weighted by Crippen LogP contribution is -2.13. The molecular weight excluding hydrogens is 260 g/mol. The second-order valence-electron chi connectivity index (χ2n) is 3.15. The fourth-order valence-electron chi connectivity index (χ4n) is 1.14. The molecule has 2 aromatic rings. The lowest BCUT2D eigenvalue weighted by atomic mass is 10.3. The number of carbonyl (C=O) groups excluding carboxylic acids is 1. The van der Waals surface area contributed by atoms with Gasteiger partial charge in [-0.3, -0.25) is 10.1 Å². The number of halogens is 1. The normalized spacial score (nSPS) is 10.2. The molecule has 0 unspecified atom stereocenters. The van der Waals surface area contributed by atoms with Gasteiger partial charge in [-0.15, -0.1) is 10.2 Å². The average molecular weight is 269 g/mol. The summed E-state index contributed by atoms with van der Waals surface area (Å²) in [4.78, 5) is 15.7. The Kier molecular flexibility index (Phi) is 3.65. The van der Waals surface area contributed by atoms with Crippen molar-refractivity contribution < 1.29 is 4.79 Å². The van der Waals surface area contributed by atoms with E-state index in [0.29, 0.717) is 5.13 Å². The van der Waals surface area contributed by atoms with Crippen LogP contribution in [0.4, 0.5) is 5.13 Å². The first-order chi connectivity index (χ1) is 8.19. The van der Waals surface area contributed by atoms with Crippen molar-refractivity contribution in [3.8, 4) is 0 Å². The van der Waals surface area contributed by atoms with Gasteiger partial charge in [-0.25, -0.2) is 4.98 Å². The fraction of sp³-hybridized carbons (Fsp3) is 0.200. The number of carbonyl (C=O) groups is 1. The van der Waals surface area contributed by atoms with Crippen LogP contribution < -0.4 is 5.32 Å². The molecular formula is C10H9ClN4OS. The Morgan fingerprint density at radius 3 is 2.94 bits per heavy atom. The number of pyridine rings is 1. The lowest BCUT2D eigenvalue weighted by Gasteiger charge is -1.99. The van der Waals surface area contributed by atoms with E-state index >= 15 is 0 Å². The third-order valence-electron chi connectivity index (χ3n) is 1.94. The standard InChI is InChI=1S/C10H9ClN4OS/c1-2-8-14-15-10(17-8)13-9(16)6-4-3-5-7(11)12-6/h3-5H,2H2,1H3,(H,13,15,16). The van der Waals surface area contributed by atoms with Crippen molar-refractivity contribution in [2.24, 2.45) is 0 Å². The number of aromatic nitrogens is 3. The van der Waals surface area contributed by atoms with Gasteiger partial charge in [0, 0.05) is 0 Å². The van der Waals surface area contributed by atoms with Gasteiger partial charge in [0.15, 0.2) is 0 Å². The van der Waals surface area contributed by atoms with Gasteiger partial charge in [-0.1, -0.05) is 35.9 Å². The van der Waals surface area contributed by atoms with Crippen molar-refractivity contribution in [2.45, 2.75) is 13.3 Å². The molecule has 7 heteroatoms. The number of hydrogen-bond acceptors (Lipinski definition) is 5. The molecule has 0 aromatic carbocycles. The Balaban J connectivity index is 2.11. The highest BCUT2D eigenvalue weighted by molar-refractivity contribution is 7.15. The van der Waals surface area contributed by atoms with Gasteiger partial charge in [0.05, 0.1) is 0 Å². The van der Waals surface area contributed by atoms with Gasteiger partial charge in [0.2, 0.25) is 5.13 Å². The zero-order valence-electron chi connectivity index (χ0n) is 8.98. The van der Waals surface area contributed by atoms with Crippen molar-refractivity contribution in [3.63, 3.8) is 0 Å². The Morgan fingerprint density at radius 2 is 2.29 bits per heavy atom. The highest BCUT2D eigenvalue weighted by Crippen LogP contribution is 2.16. The van der Waals surface area contributed by atoms with E-state index in [9.17, 15) is 4.79 Å². The highest BCUT2D eigenvalue weighted by atomic mass is 35.5. The number of nitrogens with zero attached hydrogens (tertiary/aromatic N) is 3. The number of rotatable bonds is 3. The molecule has 1 amide bonds. The fourth-order valence-corrected chi connectivity index (χ4v) is 1.98. The van der Waals surface area contributed by atoms with Crippen LogP contribution in [0.15, 0.2) is 18.2 Å². The largest absolute Gasteiger partial charge is 0.295 e. The number of aryl methyl sites for hydroxylation is 1. The molecule has 0 fully saturated rings. The molecule has 0 aliphatic rings. The Hall–Kier alpha value is -1.53. The Morgan fingerprint density at radius 1 is 1.47 bits per heavy atom. The van der Waals surface area contributed by atoms with Crippen LogP contribution in [0.3, 0.4) is 0 Å². The molecule has 88 valence electrons. The Labute approximate surface area is 107 Å². The molecule has 0 saturated heterocycles. The third kappa shape index (κ3) is 2.98. The maximum atomic E-state index is 11.8. The molecule has 0 spiro atoms. The summed E-state index contributed by atoms with van der Waals surface area (Å²) in [6, 6.07) is 4.86. The highest BCUT2D eigenvalue weighted by Gasteiger charge is 2.10. The summed E-state index contributed by atoms with van der Waals surface area (Å²) in [5, 5.41) is 12.0. The van der Waals surface area contributed by atoms with Crippen molar-refractivity contribution in [2.75, 3.05) is 5.32 Å². The second kappa shape index (κ2) is 5.20. The van der Waals surface area contributed by atoms with Crippen LogP contribution in [0.5, 0.6) is 0 Å². The second-order valence-corrected chi connectivity index (χ2v) is 4.60. The van der Waals surface area contributed by atoms with Crippen LogP contribution >= 0.6 is 22.9 Å². The zero-order chi connectivity index (χ0) is 12.3. The smallest absolute Gasteiger partial charge is 0.276 e. The molecule has 0 atom stereocenters. The summed E-state index contributed by atoms with van der Waals surface area (Å²) in [7, 11) is 0. The van der Waals surface area contributed by atoms with Gasteiger partial charge in [-0.2, -0.15) is 0 Å². The summed E-state index contributed by atoms with van der Waals surface area (Å²) in [6.45, 7) is 1.98. The summed E-state index contributed by atoms with van der Waals surface area (Å²) in [6.07, 6.45) is 0.795. The van der Waals surface area contributed by atoms with Crippen LogP contribution in [0.25, 0.3) is 0 Å². The van der Waals surface area contributed by atoms with E-state index < -0.39 is 0 Å². The molecule has 5 nitrogen and oxygen atoms in total. The first kappa shape index (κ1) is 11.9. The topological polar surface area (TPSA) is 67.8 Å². The van der Waals surface area contributed by atoms with Crippen molar-refractivity contribution in [3.05, 3.63) is 34.1 Å². The van der Waals surface area contributed by atoms with E-state index in [1.54, 1.807) is 18.2 Å². The maximum absolute atomic E-state index is 11.8. The van der Waals surface area contributed by atoms with E-state index in [2.05, 4.69) is 20.5 Å². The minimum atomic E-state index is -0.341. The maximum Gasteiger partial charge on any atom is 0.276 e. The van der Waals surface area contributed by atoms with E-state index in [-0.39, 0.29) is 16.8 Å². The van der Waals surface area contributed by atoms with Gasteiger partial charge < -0.3 is 0 Å². The molecule has 2 heterocycles. The van der Waals surface area contributed by atoms with Gasteiger partial charge in [0.25, 0.3) is 5.91 Å².